The van der Waals surface area contributed by atoms with Crippen LogP contribution in [0.3, 0.4) is 0 Å². The van der Waals surface area contributed by atoms with Crippen LogP contribution in [0.4, 0.5) is 10.8 Å². The number of ether oxygens (including phenoxy) is 1. The van der Waals surface area contributed by atoms with E-state index in [1.807, 2.05) is 43.3 Å². The number of benzene rings is 2. The molecular formula is C31H37N5O4S2. The first-order valence-corrected chi connectivity index (χ1v) is 16.4. The zero-order valence-corrected chi connectivity index (χ0v) is 25.8. The number of methoxy groups -OCH3 is 1. The summed E-state index contributed by atoms with van der Waals surface area (Å²) in [6, 6.07) is 19.5. The standard InChI is InChI=1S/C31H37N5O4S2/c1-35(2)19-20-36(24-11-5-4-6-12-24)42(38,39)25-15-13-23(14-16-25)26(21-22-9-7-8-10-22)29(37)34-31-32-27-17-18-28(40-3)33-30(27)41-31/h4-6,11-18,22,26H,7-10,19-21H2,1-3H3,(H,32,34,37). The lowest BCUT2D eigenvalue weighted by atomic mass is 9.87. The van der Waals surface area contributed by atoms with Gasteiger partial charge in [0.05, 0.1) is 23.6 Å². The molecule has 9 nitrogen and oxygen atoms in total. The van der Waals surface area contributed by atoms with Crippen molar-refractivity contribution in [3.63, 3.8) is 0 Å². The van der Waals surface area contributed by atoms with Gasteiger partial charge in [-0.25, -0.2) is 18.4 Å². The number of thiazole rings is 1. The number of anilines is 2. The Morgan fingerprint density at radius 3 is 2.38 bits per heavy atom. The number of para-hydroxylation sites is 1. The molecule has 1 fully saturated rings. The first-order valence-electron chi connectivity index (χ1n) is 14.2. The van der Waals surface area contributed by atoms with Crippen molar-refractivity contribution in [2.24, 2.45) is 5.92 Å². The van der Waals surface area contributed by atoms with Gasteiger partial charge < -0.3 is 15.0 Å². The minimum absolute atomic E-state index is 0.152. The summed E-state index contributed by atoms with van der Waals surface area (Å²) < 4.78 is 34.3. The number of nitrogens with zero attached hydrogens (tertiary/aromatic N) is 4. The van der Waals surface area contributed by atoms with Crippen LogP contribution in [0.25, 0.3) is 10.3 Å². The first kappa shape index (κ1) is 29.9. The summed E-state index contributed by atoms with van der Waals surface area (Å²) >= 11 is 1.30. The van der Waals surface area contributed by atoms with Crippen molar-refractivity contribution in [1.29, 1.82) is 0 Å². The van der Waals surface area contributed by atoms with Crippen LogP contribution in [0.15, 0.2) is 71.6 Å². The van der Waals surface area contributed by atoms with Gasteiger partial charge in [0.1, 0.15) is 10.3 Å². The molecule has 4 aromatic rings. The Balaban J connectivity index is 1.40. The fourth-order valence-corrected chi connectivity index (χ4v) is 7.69. The van der Waals surface area contributed by atoms with Crippen molar-refractivity contribution in [2.45, 2.75) is 42.9 Å². The lowest BCUT2D eigenvalue weighted by Crippen LogP contribution is -2.36. The maximum Gasteiger partial charge on any atom is 0.264 e. The van der Waals surface area contributed by atoms with E-state index in [-0.39, 0.29) is 10.8 Å². The zero-order chi connectivity index (χ0) is 29.7. The third kappa shape index (κ3) is 6.91. The molecule has 2 aromatic carbocycles. The van der Waals surface area contributed by atoms with Crippen molar-refractivity contribution < 1.29 is 17.9 Å². The predicted molar refractivity (Wildman–Crippen MR) is 168 cm³/mol. The molecule has 0 bridgehead atoms. The maximum absolute atomic E-state index is 13.8. The summed E-state index contributed by atoms with van der Waals surface area (Å²) in [6.07, 6.45) is 5.24. The Morgan fingerprint density at radius 2 is 1.71 bits per heavy atom. The summed E-state index contributed by atoms with van der Waals surface area (Å²) in [6.45, 7) is 0.890. The van der Waals surface area contributed by atoms with Gasteiger partial charge in [0.25, 0.3) is 10.0 Å². The van der Waals surface area contributed by atoms with Gasteiger partial charge in [0.2, 0.25) is 11.8 Å². The quantitative estimate of drug-likeness (QED) is 0.218. The molecule has 0 spiro atoms. The molecule has 0 aliphatic heterocycles. The van der Waals surface area contributed by atoms with Crippen LogP contribution < -0.4 is 14.4 Å². The van der Waals surface area contributed by atoms with Gasteiger partial charge in [-0.15, -0.1) is 0 Å². The van der Waals surface area contributed by atoms with E-state index < -0.39 is 15.9 Å². The molecule has 0 saturated heterocycles. The number of nitrogens with one attached hydrogen (secondary N) is 1. The predicted octanol–water partition coefficient (Wildman–Crippen LogP) is 5.76. The van der Waals surface area contributed by atoms with Gasteiger partial charge in [0.15, 0.2) is 5.13 Å². The second-order valence-corrected chi connectivity index (χ2v) is 13.7. The molecule has 42 heavy (non-hydrogen) atoms. The molecule has 1 unspecified atom stereocenters. The lowest BCUT2D eigenvalue weighted by Gasteiger charge is -2.26. The summed E-state index contributed by atoms with van der Waals surface area (Å²) in [5.74, 6) is 0.356. The molecular weight excluding hydrogens is 571 g/mol. The second-order valence-electron chi connectivity index (χ2n) is 10.9. The third-order valence-corrected chi connectivity index (χ3v) is 10.4. The number of amides is 1. The largest absolute Gasteiger partial charge is 0.481 e. The van der Waals surface area contributed by atoms with Crippen LogP contribution in [0.5, 0.6) is 5.88 Å². The molecule has 222 valence electrons. The average Bonchev–Trinajstić information content (AvgIpc) is 3.65. The minimum Gasteiger partial charge on any atom is -0.481 e. The number of fused-ring (bicyclic) bond motifs is 1. The van der Waals surface area contributed by atoms with Gasteiger partial charge in [0, 0.05) is 19.2 Å². The van der Waals surface area contributed by atoms with Crippen LogP contribution in [0.2, 0.25) is 0 Å². The molecule has 1 N–H and O–H groups in total. The van der Waals surface area contributed by atoms with Crippen LogP contribution in [-0.4, -0.2) is 63.5 Å². The Bertz CT molecular complexity index is 1600. The molecule has 1 aliphatic carbocycles. The highest BCUT2D eigenvalue weighted by molar-refractivity contribution is 7.92. The van der Waals surface area contributed by atoms with Gasteiger partial charge in [-0.1, -0.05) is 67.4 Å². The van der Waals surface area contributed by atoms with E-state index in [1.165, 1.54) is 28.5 Å². The molecule has 1 amide bonds. The molecule has 2 heterocycles. The summed E-state index contributed by atoms with van der Waals surface area (Å²) in [5, 5.41) is 3.49. The molecule has 5 rings (SSSR count). The van der Waals surface area contributed by atoms with E-state index in [0.29, 0.717) is 52.5 Å². The minimum atomic E-state index is -3.82. The number of carbonyl (C=O) groups is 1. The number of rotatable bonds is 12. The molecule has 1 atom stereocenters. The van der Waals surface area contributed by atoms with Crippen molar-refractivity contribution in [3.05, 3.63) is 72.3 Å². The lowest BCUT2D eigenvalue weighted by molar-refractivity contribution is -0.118. The topological polar surface area (TPSA) is 105 Å². The molecule has 2 aromatic heterocycles. The van der Waals surface area contributed by atoms with E-state index in [9.17, 15) is 13.2 Å². The van der Waals surface area contributed by atoms with Crippen molar-refractivity contribution in [1.82, 2.24) is 14.9 Å². The Hall–Kier alpha value is -3.54. The van der Waals surface area contributed by atoms with Gasteiger partial charge in [-0.3, -0.25) is 9.10 Å². The van der Waals surface area contributed by atoms with Crippen LogP contribution in [0, 0.1) is 5.92 Å². The molecule has 1 saturated carbocycles. The van der Waals surface area contributed by atoms with E-state index >= 15 is 0 Å². The smallest absolute Gasteiger partial charge is 0.264 e. The number of pyridine rings is 1. The average molecular weight is 608 g/mol. The summed E-state index contributed by atoms with van der Waals surface area (Å²) in [4.78, 5) is 25.5. The molecule has 11 heteroatoms. The van der Waals surface area contributed by atoms with Gasteiger partial charge in [-0.05, 0) is 62.3 Å². The number of sulfonamides is 1. The Labute approximate surface area is 251 Å². The highest BCUT2D eigenvalue weighted by Crippen LogP contribution is 2.36. The van der Waals surface area contributed by atoms with E-state index in [1.54, 1.807) is 49.6 Å². The van der Waals surface area contributed by atoms with Crippen LogP contribution >= 0.6 is 11.3 Å². The Kier molecular flexibility index (Phi) is 9.40. The maximum atomic E-state index is 13.8. The second kappa shape index (κ2) is 13.2. The van der Waals surface area contributed by atoms with E-state index in [4.69, 9.17) is 4.74 Å². The van der Waals surface area contributed by atoms with Crippen molar-refractivity contribution in [2.75, 3.05) is 43.9 Å². The summed E-state index contributed by atoms with van der Waals surface area (Å²) in [7, 11) is 1.57. The Morgan fingerprint density at radius 1 is 1.00 bits per heavy atom. The first-order chi connectivity index (χ1) is 20.2. The van der Waals surface area contributed by atoms with Crippen molar-refractivity contribution in [3.8, 4) is 5.88 Å². The zero-order valence-electron chi connectivity index (χ0n) is 24.2. The van der Waals surface area contributed by atoms with E-state index in [2.05, 4.69) is 15.3 Å². The molecule has 1 aliphatic rings. The highest BCUT2D eigenvalue weighted by Gasteiger charge is 2.29. The molecule has 0 radical (unpaired) electrons. The van der Waals surface area contributed by atoms with Crippen molar-refractivity contribution >= 4 is 48.4 Å². The highest BCUT2D eigenvalue weighted by atomic mass is 32.2. The third-order valence-electron chi connectivity index (χ3n) is 7.69. The van der Waals surface area contributed by atoms with Gasteiger partial charge in [-0.2, -0.15) is 0 Å². The van der Waals surface area contributed by atoms with E-state index in [0.717, 1.165) is 18.4 Å². The summed E-state index contributed by atoms with van der Waals surface area (Å²) in [5.41, 5.74) is 2.10. The SMILES string of the molecule is COc1ccc2nc(NC(=O)C(CC3CCCC3)c3ccc(S(=O)(=O)N(CCN(C)C)c4ccccc4)cc3)sc2n1. The number of hydrogen-bond donors (Lipinski definition) is 1. The monoisotopic (exact) mass is 607 g/mol. The number of carbonyl (C=O) groups excluding carboxylic acids is 1. The fourth-order valence-electron chi connectivity index (χ4n) is 5.41. The normalized spacial score (nSPS) is 14.8. The number of likely N-dealkylation sites (N-methyl/N-ethyl adjacent to an activating group) is 1. The number of hydrogen-bond acceptors (Lipinski definition) is 8. The van der Waals surface area contributed by atoms with Crippen LogP contribution in [0.1, 0.15) is 43.6 Å². The number of aromatic nitrogens is 2. The fraction of sp³-hybridized carbons (Fsp3) is 0.387. The van der Waals surface area contributed by atoms with Crippen LogP contribution in [-0.2, 0) is 14.8 Å². The van der Waals surface area contributed by atoms with Gasteiger partial charge >= 0.3 is 0 Å².